The van der Waals surface area contributed by atoms with Crippen molar-refractivity contribution in [2.24, 2.45) is 0 Å². The van der Waals surface area contributed by atoms with Gasteiger partial charge in [0.15, 0.2) is 6.10 Å². The molecule has 0 unspecified atom stereocenters. The zero-order chi connectivity index (χ0) is 20.5. The van der Waals surface area contributed by atoms with Crippen molar-refractivity contribution in [3.05, 3.63) is 65.2 Å². The second-order valence-electron chi connectivity index (χ2n) is 7.10. The zero-order valence-corrected chi connectivity index (χ0v) is 17.8. The van der Waals surface area contributed by atoms with Crippen molar-refractivity contribution in [3.8, 4) is 0 Å². The minimum Gasteiger partial charge on any atom is -0.452 e. The van der Waals surface area contributed by atoms with Crippen LogP contribution in [0.3, 0.4) is 0 Å². The molecule has 0 aromatic heterocycles. The Balaban J connectivity index is 1.71. The molecule has 150 valence electrons. The lowest BCUT2D eigenvalue weighted by atomic mass is 10.1. The van der Waals surface area contributed by atoms with Gasteiger partial charge in [0.2, 0.25) is 0 Å². The molecular weight excluding hydrogens is 370 g/mol. The molecule has 0 bridgehead atoms. The number of rotatable bonds is 9. The highest BCUT2D eigenvalue weighted by atomic mass is 32.2. The van der Waals surface area contributed by atoms with E-state index in [-0.39, 0.29) is 23.7 Å². The third kappa shape index (κ3) is 7.39. The lowest BCUT2D eigenvalue weighted by molar-refractivity contribution is -0.152. The molecule has 0 fully saturated rings. The smallest absolute Gasteiger partial charge is 0.317 e. The molecule has 2 atom stereocenters. The highest BCUT2D eigenvalue weighted by molar-refractivity contribution is 8.00. The topological polar surface area (TPSA) is 55.4 Å². The van der Waals surface area contributed by atoms with Gasteiger partial charge in [0.25, 0.3) is 5.91 Å². The molecule has 4 nitrogen and oxygen atoms in total. The third-order valence-corrected chi connectivity index (χ3v) is 5.58. The Morgan fingerprint density at radius 3 is 2.43 bits per heavy atom. The molecule has 0 spiro atoms. The van der Waals surface area contributed by atoms with Crippen molar-refractivity contribution in [3.63, 3.8) is 0 Å². The number of esters is 1. The Kier molecular flexibility index (Phi) is 8.58. The standard InChI is InChI=1S/C23H29NO3S/c1-16-10-13-21(14-17(16)2)28-15-22(25)27-19(4)23(26)24-18(3)11-12-20-8-6-5-7-9-20/h5-10,13-14,18-19H,11-12,15H2,1-4H3,(H,24,26)/t18-,19+/m0/s1. The monoisotopic (exact) mass is 399 g/mol. The summed E-state index contributed by atoms with van der Waals surface area (Å²) in [4.78, 5) is 25.3. The van der Waals surface area contributed by atoms with Crippen LogP contribution in [0.2, 0.25) is 0 Å². The van der Waals surface area contributed by atoms with Crippen LogP contribution < -0.4 is 5.32 Å². The number of hydrogen-bond donors (Lipinski definition) is 1. The summed E-state index contributed by atoms with van der Waals surface area (Å²) in [6.45, 7) is 7.67. The van der Waals surface area contributed by atoms with E-state index in [1.54, 1.807) is 6.92 Å². The minimum absolute atomic E-state index is 0.0127. The van der Waals surface area contributed by atoms with Crippen LogP contribution in [-0.2, 0) is 20.7 Å². The molecule has 0 heterocycles. The Morgan fingerprint density at radius 2 is 1.75 bits per heavy atom. The lowest BCUT2D eigenvalue weighted by Crippen LogP contribution is -2.41. The van der Waals surface area contributed by atoms with Crippen molar-refractivity contribution in [1.82, 2.24) is 5.32 Å². The highest BCUT2D eigenvalue weighted by Crippen LogP contribution is 2.21. The summed E-state index contributed by atoms with van der Waals surface area (Å²) in [6.07, 6.45) is 0.925. The first-order valence-electron chi connectivity index (χ1n) is 9.59. The molecule has 1 N–H and O–H groups in total. The van der Waals surface area contributed by atoms with Gasteiger partial charge < -0.3 is 10.1 Å². The van der Waals surface area contributed by atoms with E-state index in [0.717, 1.165) is 17.7 Å². The van der Waals surface area contributed by atoms with Crippen LogP contribution in [-0.4, -0.2) is 29.8 Å². The van der Waals surface area contributed by atoms with E-state index in [9.17, 15) is 9.59 Å². The SMILES string of the molecule is Cc1ccc(SCC(=O)O[C@H](C)C(=O)N[C@@H](C)CCc2ccccc2)cc1C. The van der Waals surface area contributed by atoms with Gasteiger partial charge in [0.1, 0.15) is 0 Å². The molecule has 5 heteroatoms. The lowest BCUT2D eigenvalue weighted by Gasteiger charge is -2.18. The molecule has 0 aliphatic rings. The second-order valence-corrected chi connectivity index (χ2v) is 8.15. The third-order valence-electron chi connectivity index (χ3n) is 4.61. The van der Waals surface area contributed by atoms with Crippen molar-refractivity contribution in [2.45, 2.75) is 57.6 Å². The summed E-state index contributed by atoms with van der Waals surface area (Å²) in [7, 11) is 0. The highest BCUT2D eigenvalue weighted by Gasteiger charge is 2.19. The largest absolute Gasteiger partial charge is 0.452 e. The van der Waals surface area contributed by atoms with Crippen molar-refractivity contribution >= 4 is 23.6 Å². The molecule has 1 amide bonds. The van der Waals surface area contributed by atoms with Crippen LogP contribution in [0.25, 0.3) is 0 Å². The van der Waals surface area contributed by atoms with Crippen LogP contribution in [0.4, 0.5) is 0 Å². The minimum atomic E-state index is -0.799. The van der Waals surface area contributed by atoms with Crippen LogP contribution in [0.15, 0.2) is 53.4 Å². The number of benzene rings is 2. The quantitative estimate of drug-likeness (QED) is 0.499. The molecule has 2 aromatic rings. The fourth-order valence-corrected chi connectivity index (χ4v) is 3.47. The normalized spacial score (nSPS) is 12.9. The van der Waals surface area contributed by atoms with E-state index >= 15 is 0 Å². The number of nitrogens with one attached hydrogen (secondary N) is 1. The van der Waals surface area contributed by atoms with Gasteiger partial charge in [-0.2, -0.15) is 0 Å². The van der Waals surface area contributed by atoms with E-state index in [1.807, 2.05) is 44.2 Å². The van der Waals surface area contributed by atoms with Crippen LogP contribution in [0.5, 0.6) is 0 Å². The van der Waals surface area contributed by atoms with E-state index < -0.39 is 6.10 Å². The number of ether oxygens (including phenoxy) is 1. The fourth-order valence-electron chi connectivity index (χ4n) is 2.69. The van der Waals surface area contributed by atoms with Gasteiger partial charge in [-0.15, -0.1) is 11.8 Å². The zero-order valence-electron chi connectivity index (χ0n) is 17.0. The molecule has 0 saturated heterocycles. The maximum Gasteiger partial charge on any atom is 0.317 e. The van der Waals surface area contributed by atoms with E-state index in [4.69, 9.17) is 4.74 Å². The van der Waals surface area contributed by atoms with Gasteiger partial charge in [-0.3, -0.25) is 9.59 Å². The van der Waals surface area contributed by atoms with Gasteiger partial charge in [-0.25, -0.2) is 0 Å². The van der Waals surface area contributed by atoms with E-state index in [1.165, 1.54) is 28.5 Å². The predicted octanol–water partition coefficient (Wildman–Crippen LogP) is 4.46. The number of aryl methyl sites for hydroxylation is 3. The Labute approximate surface area is 172 Å². The summed E-state index contributed by atoms with van der Waals surface area (Å²) >= 11 is 1.42. The Hall–Kier alpha value is -2.27. The molecular formula is C23H29NO3S. The molecule has 0 radical (unpaired) electrons. The van der Waals surface area contributed by atoms with Crippen LogP contribution in [0.1, 0.15) is 37.0 Å². The second kappa shape index (κ2) is 10.9. The van der Waals surface area contributed by atoms with Gasteiger partial charge >= 0.3 is 5.97 Å². The van der Waals surface area contributed by atoms with E-state index in [0.29, 0.717) is 0 Å². The maximum atomic E-state index is 12.3. The number of carbonyl (C=O) groups excluding carboxylic acids is 2. The molecule has 28 heavy (non-hydrogen) atoms. The molecule has 2 rings (SSSR count). The Morgan fingerprint density at radius 1 is 1.04 bits per heavy atom. The molecule has 0 saturated carbocycles. The van der Waals surface area contributed by atoms with Gasteiger partial charge in [0.05, 0.1) is 5.75 Å². The summed E-state index contributed by atoms with van der Waals surface area (Å²) in [5, 5.41) is 2.92. The molecule has 2 aromatic carbocycles. The van der Waals surface area contributed by atoms with Gasteiger partial charge in [0, 0.05) is 10.9 Å². The van der Waals surface area contributed by atoms with Gasteiger partial charge in [-0.05, 0) is 69.4 Å². The number of carbonyl (C=O) groups is 2. The summed E-state index contributed by atoms with van der Waals surface area (Å²) in [5.41, 5.74) is 3.65. The Bertz CT molecular complexity index is 792. The van der Waals surface area contributed by atoms with Crippen molar-refractivity contribution < 1.29 is 14.3 Å². The van der Waals surface area contributed by atoms with Crippen molar-refractivity contribution in [1.29, 1.82) is 0 Å². The summed E-state index contributed by atoms with van der Waals surface area (Å²) in [6, 6.07) is 16.3. The fraction of sp³-hybridized carbons (Fsp3) is 0.391. The van der Waals surface area contributed by atoms with E-state index in [2.05, 4.69) is 30.4 Å². The first-order valence-corrected chi connectivity index (χ1v) is 10.6. The summed E-state index contributed by atoms with van der Waals surface area (Å²) in [5.74, 6) is -0.461. The van der Waals surface area contributed by atoms with Crippen LogP contribution in [0, 0.1) is 13.8 Å². The van der Waals surface area contributed by atoms with Gasteiger partial charge in [-0.1, -0.05) is 36.4 Å². The number of amides is 1. The molecule has 0 aliphatic heterocycles. The number of hydrogen-bond acceptors (Lipinski definition) is 4. The first-order chi connectivity index (χ1) is 13.3. The molecule has 0 aliphatic carbocycles. The average Bonchev–Trinajstić information content (AvgIpc) is 2.68. The number of thioether (sulfide) groups is 1. The predicted molar refractivity (Wildman–Crippen MR) is 115 cm³/mol. The summed E-state index contributed by atoms with van der Waals surface area (Å²) < 4.78 is 5.28. The first kappa shape index (κ1) is 22.0. The van der Waals surface area contributed by atoms with Crippen LogP contribution >= 0.6 is 11.8 Å². The van der Waals surface area contributed by atoms with Crippen molar-refractivity contribution in [2.75, 3.05) is 5.75 Å². The maximum absolute atomic E-state index is 12.3. The average molecular weight is 400 g/mol.